The number of nitrogens with one attached hydrogen (secondary N) is 1. The number of hydrogen-bond acceptors (Lipinski definition) is 2. The average molecular weight is 223 g/mol. The molecule has 0 saturated heterocycles. The summed E-state index contributed by atoms with van der Waals surface area (Å²) < 4.78 is 0. The van der Waals surface area contributed by atoms with Crippen molar-refractivity contribution in [2.24, 2.45) is 0 Å². The van der Waals surface area contributed by atoms with Gasteiger partial charge in [0.25, 0.3) is 0 Å². The standard InChI is InChI=1S/C13H21NS/c1-4-11(2)15-10-13(14-3)12-8-6-5-7-9-12/h5-9,11,13-14H,4,10H2,1-3H3. The van der Waals surface area contributed by atoms with Crippen LogP contribution in [0.1, 0.15) is 31.9 Å². The molecule has 0 radical (unpaired) electrons. The first-order valence-electron chi connectivity index (χ1n) is 5.61. The Morgan fingerprint density at radius 2 is 1.93 bits per heavy atom. The van der Waals surface area contributed by atoms with Crippen LogP contribution in [0.2, 0.25) is 0 Å². The smallest absolute Gasteiger partial charge is 0.0409 e. The highest BCUT2D eigenvalue weighted by Gasteiger charge is 2.10. The van der Waals surface area contributed by atoms with Crippen molar-refractivity contribution < 1.29 is 0 Å². The van der Waals surface area contributed by atoms with Gasteiger partial charge in [0, 0.05) is 17.0 Å². The fourth-order valence-corrected chi connectivity index (χ4v) is 2.53. The molecule has 1 rings (SSSR count). The van der Waals surface area contributed by atoms with Crippen LogP contribution in [0.15, 0.2) is 30.3 Å². The normalized spacial score (nSPS) is 14.9. The third-order valence-electron chi connectivity index (χ3n) is 2.67. The summed E-state index contributed by atoms with van der Waals surface area (Å²) in [6, 6.07) is 11.1. The lowest BCUT2D eigenvalue weighted by molar-refractivity contribution is 0.660. The van der Waals surface area contributed by atoms with Gasteiger partial charge in [-0.25, -0.2) is 0 Å². The average Bonchev–Trinajstić information content (AvgIpc) is 2.31. The molecule has 0 amide bonds. The summed E-state index contributed by atoms with van der Waals surface area (Å²) in [6.45, 7) is 4.54. The zero-order valence-corrected chi connectivity index (χ0v) is 10.7. The highest BCUT2D eigenvalue weighted by molar-refractivity contribution is 7.99. The van der Waals surface area contributed by atoms with Crippen LogP contribution < -0.4 is 5.32 Å². The van der Waals surface area contributed by atoms with E-state index in [-0.39, 0.29) is 0 Å². The quantitative estimate of drug-likeness (QED) is 0.792. The summed E-state index contributed by atoms with van der Waals surface area (Å²) in [7, 11) is 2.04. The van der Waals surface area contributed by atoms with Gasteiger partial charge in [-0.15, -0.1) is 0 Å². The van der Waals surface area contributed by atoms with E-state index in [0.29, 0.717) is 6.04 Å². The summed E-state index contributed by atoms with van der Waals surface area (Å²) in [5.74, 6) is 1.15. The van der Waals surface area contributed by atoms with Crippen LogP contribution in [0.5, 0.6) is 0 Å². The van der Waals surface area contributed by atoms with E-state index in [1.807, 2.05) is 18.8 Å². The second kappa shape index (κ2) is 6.91. The van der Waals surface area contributed by atoms with Crippen molar-refractivity contribution in [2.75, 3.05) is 12.8 Å². The second-order valence-corrected chi connectivity index (χ2v) is 5.28. The molecule has 0 fully saturated rings. The Bertz CT molecular complexity index is 260. The van der Waals surface area contributed by atoms with Crippen LogP contribution in [-0.4, -0.2) is 18.1 Å². The van der Waals surface area contributed by atoms with Gasteiger partial charge in [0.05, 0.1) is 0 Å². The van der Waals surface area contributed by atoms with Crippen LogP contribution in [-0.2, 0) is 0 Å². The molecule has 2 heteroatoms. The molecule has 1 aromatic rings. The summed E-state index contributed by atoms with van der Waals surface area (Å²) in [6.07, 6.45) is 1.25. The van der Waals surface area contributed by atoms with E-state index in [1.165, 1.54) is 12.0 Å². The molecule has 0 spiro atoms. The molecule has 1 aromatic carbocycles. The van der Waals surface area contributed by atoms with Crippen molar-refractivity contribution in [2.45, 2.75) is 31.6 Å². The van der Waals surface area contributed by atoms with Gasteiger partial charge in [0.2, 0.25) is 0 Å². The molecule has 0 aliphatic heterocycles. The molecule has 15 heavy (non-hydrogen) atoms. The third-order valence-corrected chi connectivity index (χ3v) is 4.10. The molecule has 0 heterocycles. The summed E-state index contributed by atoms with van der Waals surface area (Å²) in [4.78, 5) is 0. The van der Waals surface area contributed by atoms with Crippen LogP contribution in [0.4, 0.5) is 0 Å². The van der Waals surface area contributed by atoms with Crippen LogP contribution >= 0.6 is 11.8 Å². The molecule has 0 bridgehead atoms. The first kappa shape index (κ1) is 12.6. The van der Waals surface area contributed by atoms with Crippen molar-refractivity contribution >= 4 is 11.8 Å². The maximum atomic E-state index is 3.38. The Kier molecular flexibility index (Phi) is 5.81. The minimum Gasteiger partial charge on any atom is -0.312 e. The van der Waals surface area contributed by atoms with Crippen LogP contribution in [0.3, 0.4) is 0 Å². The highest BCUT2D eigenvalue weighted by Crippen LogP contribution is 2.22. The van der Waals surface area contributed by atoms with Crippen molar-refractivity contribution in [3.8, 4) is 0 Å². The fraction of sp³-hybridized carbons (Fsp3) is 0.538. The predicted molar refractivity (Wildman–Crippen MR) is 70.5 cm³/mol. The zero-order valence-electron chi connectivity index (χ0n) is 9.86. The molecule has 0 aromatic heterocycles. The Morgan fingerprint density at radius 3 is 2.47 bits per heavy atom. The number of hydrogen-bond donors (Lipinski definition) is 1. The topological polar surface area (TPSA) is 12.0 Å². The van der Waals surface area contributed by atoms with E-state index < -0.39 is 0 Å². The molecular weight excluding hydrogens is 202 g/mol. The maximum absolute atomic E-state index is 3.38. The number of rotatable bonds is 6. The Morgan fingerprint density at radius 1 is 1.27 bits per heavy atom. The molecule has 1 N–H and O–H groups in total. The van der Waals surface area contributed by atoms with Gasteiger partial charge in [-0.3, -0.25) is 0 Å². The Labute approximate surface area is 97.7 Å². The molecule has 0 aliphatic rings. The molecule has 2 atom stereocenters. The first-order valence-corrected chi connectivity index (χ1v) is 6.66. The molecular formula is C13H21NS. The molecule has 1 nitrogen and oxygen atoms in total. The first-order chi connectivity index (χ1) is 7.27. The lowest BCUT2D eigenvalue weighted by Gasteiger charge is -2.18. The zero-order chi connectivity index (χ0) is 11.1. The Balaban J connectivity index is 2.50. The third kappa shape index (κ3) is 4.27. The minimum atomic E-state index is 0.477. The lowest BCUT2D eigenvalue weighted by Crippen LogP contribution is -2.19. The van der Waals surface area contributed by atoms with E-state index in [4.69, 9.17) is 0 Å². The van der Waals surface area contributed by atoms with Gasteiger partial charge in [-0.1, -0.05) is 44.2 Å². The molecule has 0 saturated carbocycles. The van der Waals surface area contributed by atoms with E-state index in [9.17, 15) is 0 Å². The van der Waals surface area contributed by atoms with Crippen molar-refractivity contribution in [1.29, 1.82) is 0 Å². The highest BCUT2D eigenvalue weighted by atomic mass is 32.2. The maximum Gasteiger partial charge on any atom is 0.0409 e. The molecule has 84 valence electrons. The predicted octanol–water partition coefficient (Wildman–Crippen LogP) is 3.48. The SMILES string of the molecule is CCC(C)SCC(NC)c1ccccc1. The van der Waals surface area contributed by atoms with Crippen molar-refractivity contribution in [3.63, 3.8) is 0 Å². The molecule has 2 unspecified atom stereocenters. The van der Waals surface area contributed by atoms with Crippen LogP contribution in [0, 0.1) is 0 Å². The number of benzene rings is 1. The van der Waals surface area contributed by atoms with Gasteiger partial charge in [0.15, 0.2) is 0 Å². The van der Waals surface area contributed by atoms with E-state index in [0.717, 1.165) is 11.0 Å². The second-order valence-electron chi connectivity index (χ2n) is 3.80. The fourth-order valence-electron chi connectivity index (χ4n) is 1.41. The largest absolute Gasteiger partial charge is 0.312 e. The van der Waals surface area contributed by atoms with Gasteiger partial charge < -0.3 is 5.32 Å². The van der Waals surface area contributed by atoms with Gasteiger partial charge in [-0.2, -0.15) is 11.8 Å². The van der Waals surface area contributed by atoms with Gasteiger partial charge in [0.1, 0.15) is 0 Å². The van der Waals surface area contributed by atoms with E-state index in [1.54, 1.807) is 0 Å². The number of thioether (sulfide) groups is 1. The van der Waals surface area contributed by atoms with Crippen LogP contribution in [0.25, 0.3) is 0 Å². The van der Waals surface area contributed by atoms with E-state index in [2.05, 4.69) is 49.5 Å². The lowest BCUT2D eigenvalue weighted by atomic mass is 10.1. The summed E-state index contributed by atoms with van der Waals surface area (Å²) in [5.41, 5.74) is 1.39. The van der Waals surface area contributed by atoms with Gasteiger partial charge >= 0.3 is 0 Å². The van der Waals surface area contributed by atoms with Crippen molar-refractivity contribution in [1.82, 2.24) is 5.32 Å². The Hall–Kier alpha value is -0.470. The van der Waals surface area contributed by atoms with Gasteiger partial charge in [-0.05, 0) is 19.0 Å². The summed E-state index contributed by atoms with van der Waals surface area (Å²) in [5, 5.41) is 4.13. The monoisotopic (exact) mass is 223 g/mol. The van der Waals surface area contributed by atoms with Crippen molar-refractivity contribution in [3.05, 3.63) is 35.9 Å². The van der Waals surface area contributed by atoms with E-state index >= 15 is 0 Å². The molecule has 0 aliphatic carbocycles. The summed E-state index contributed by atoms with van der Waals surface area (Å²) >= 11 is 2.04. The minimum absolute atomic E-state index is 0.477.